The van der Waals surface area contributed by atoms with Gasteiger partial charge in [0.1, 0.15) is 0 Å². The van der Waals surface area contributed by atoms with E-state index in [-0.39, 0.29) is 18.1 Å². The Hall–Kier alpha value is -1.81. The average molecular weight is 303 g/mol. The molecule has 1 atom stereocenters. The number of hydrogen-bond donors (Lipinski definition) is 1. The van der Waals surface area contributed by atoms with Gasteiger partial charge in [-0.2, -0.15) is 0 Å². The predicted octanol–water partition coefficient (Wildman–Crippen LogP) is 4.79. The number of esters is 1. The first-order valence-electron chi connectivity index (χ1n) is 7.09. The minimum absolute atomic E-state index is 0.0999. The monoisotopic (exact) mass is 303 g/mol. The van der Waals surface area contributed by atoms with E-state index in [4.69, 9.17) is 4.74 Å². The van der Waals surface area contributed by atoms with Crippen LogP contribution >= 0.6 is 11.3 Å². The molecule has 0 fully saturated rings. The van der Waals surface area contributed by atoms with Crippen molar-refractivity contribution in [2.75, 3.05) is 5.32 Å². The first-order chi connectivity index (χ1) is 9.97. The highest BCUT2D eigenvalue weighted by Crippen LogP contribution is 2.26. The van der Waals surface area contributed by atoms with Crippen LogP contribution in [0.15, 0.2) is 35.7 Å². The predicted molar refractivity (Wildman–Crippen MR) is 88.1 cm³/mol. The molecule has 3 nitrogen and oxygen atoms in total. The topological polar surface area (TPSA) is 38.3 Å². The van der Waals surface area contributed by atoms with Crippen molar-refractivity contribution in [3.05, 3.63) is 51.7 Å². The Labute approximate surface area is 130 Å². The van der Waals surface area contributed by atoms with Crippen molar-refractivity contribution >= 4 is 23.0 Å². The molecule has 0 bridgehead atoms. The second-order valence-electron chi connectivity index (χ2n) is 5.37. The zero-order valence-electron chi connectivity index (χ0n) is 12.8. The lowest BCUT2D eigenvalue weighted by Gasteiger charge is -2.15. The molecule has 0 saturated heterocycles. The third kappa shape index (κ3) is 4.08. The van der Waals surface area contributed by atoms with Gasteiger partial charge in [0.05, 0.1) is 17.7 Å². The van der Waals surface area contributed by atoms with E-state index < -0.39 is 0 Å². The summed E-state index contributed by atoms with van der Waals surface area (Å²) in [5, 5.41) is 5.56. The van der Waals surface area contributed by atoms with Gasteiger partial charge < -0.3 is 10.1 Å². The molecule has 2 aromatic rings. The van der Waals surface area contributed by atoms with Gasteiger partial charge in [-0.1, -0.05) is 0 Å². The molecule has 1 aromatic carbocycles. The SMILES string of the molecule is Cc1ccsc1C(C)Nc1ccc(C(=O)OC(C)C)cc1. The van der Waals surface area contributed by atoms with Gasteiger partial charge in [0.2, 0.25) is 0 Å². The maximum Gasteiger partial charge on any atom is 0.338 e. The van der Waals surface area contributed by atoms with Crippen molar-refractivity contribution < 1.29 is 9.53 Å². The van der Waals surface area contributed by atoms with E-state index in [0.717, 1.165) is 5.69 Å². The minimum Gasteiger partial charge on any atom is -0.459 e. The molecule has 0 aliphatic carbocycles. The average Bonchev–Trinajstić information content (AvgIpc) is 2.85. The van der Waals surface area contributed by atoms with Crippen molar-refractivity contribution in [1.82, 2.24) is 0 Å². The van der Waals surface area contributed by atoms with Crippen LogP contribution in [0.3, 0.4) is 0 Å². The molecule has 0 spiro atoms. The second kappa shape index (κ2) is 6.76. The Morgan fingerprint density at radius 2 is 1.81 bits per heavy atom. The van der Waals surface area contributed by atoms with Crippen LogP contribution in [0.5, 0.6) is 0 Å². The van der Waals surface area contributed by atoms with Crippen molar-refractivity contribution in [2.24, 2.45) is 0 Å². The smallest absolute Gasteiger partial charge is 0.338 e. The van der Waals surface area contributed by atoms with E-state index in [0.29, 0.717) is 5.56 Å². The summed E-state index contributed by atoms with van der Waals surface area (Å²) in [4.78, 5) is 13.1. The number of rotatable bonds is 5. The van der Waals surface area contributed by atoms with Gasteiger partial charge in [-0.25, -0.2) is 4.79 Å². The molecule has 0 amide bonds. The summed E-state index contributed by atoms with van der Waals surface area (Å²) in [6.07, 6.45) is -0.0999. The van der Waals surface area contributed by atoms with E-state index in [2.05, 4.69) is 30.6 Å². The van der Waals surface area contributed by atoms with E-state index in [1.54, 1.807) is 23.5 Å². The third-order valence-corrected chi connectivity index (χ3v) is 4.34. The summed E-state index contributed by atoms with van der Waals surface area (Å²) < 4.78 is 5.17. The molecule has 0 aliphatic heterocycles. The normalized spacial score (nSPS) is 12.2. The van der Waals surface area contributed by atoms with Gasteiger partial charge in [-0.3, -0.25) is 0 Å². The Morgan fingerprint density at radius 1 is 1.14 bits per heavy atom. The highest BCUT2D eigenvalue weighted by Gasteiger charge is 2.11. The molecule has 2 rings (SSSR count). The molecule has 1 heterocycles. The van der Waals surface area contributed by atoms with Gasteiger partial charge in [0.25, 0.3) is 0 Å². The first kappa shape index (κ1) is 15.6. The number of carbonyl (C=O) groups is 1. The minimum atomic E-state index is -0.279. The summed E-state index contributed by atoms with van der Waals surface area (Å²) in [7, 11) is 0. The molecule has 4 heteroatoms. The number of benzene rings is 1. The summed E-state index contributed by atoms with van der Waals surface area (Å²) in [6.45, 7) is 7.95. The molecule has 1 N–H and O–H groups in total. The zero-order chi connectivity index (χ0) is 15.4. The number of carbonyl (C=O) groups excluding carboxylic acids is 1. The van der Waals surface area contributed by atoms with Crippen molar-refractivity contribution in [3.8, 4) is 0 Å². The summed E-state index contributed by atoms with van der Waals surface area (Å²) >= 11 is 1.76. The van der Waals surface area contributed by atoms with Crippen LogP contribution in [0.4, 0.5) is 5.69 Å². The molecule has 0 radical (unpaired) electrons. The van der Waals surface area contributed by atoms with Crippen LogP contribution in [0.2, 0.25) is 0 Å². The van der Waals surface area contributed by atoms with Crippen LogP contribution in [-0.4, -0.2) is 12.1 Å². The number of aryl methyl sites for hydroxylation is 1. The maximum atomic E-state index is 11.8. The zero-order valence-corrected chi connectivity index (χ0v) is 13.7. The fraction of sp³-hybridized carbons (Fsp3) is 0.353. The molecule has 0 saturated carbocycles. The largest absolute Gasteiger partial charge is 0.459 e. The standard InChI is InChI=1S/C17H21NO2S/c1-11(2)20-17(19)14-5-7-15(8-6-14)18-13(4)16-12(3)9-10-21-16/h5-11,13,18H,1-4H3. The number of thiophene rings is 1. The number of hydrogen-bond acceptors (Lipinski definition) is 4. The lowest BCUT2D eigenvalue weighted by atomic mass is 10.1. The molecule has 1 unspecified atom stereocenters. The summed E-state index contributed by atoms with van der Waals surface area (Å²) in [5.41, 5.74) is 2.88. The highest BCUT2D eigenvalue weighted by atomic mass is 32.1. The summed E-state index contributed by atoms with van der Waals surface area (Å²) in [5.74, 6) is -0.279. The first-order valence-corrected chi connectivity index (χ1v) is 7.97. The molecule has 1 aromatic heterocycles. The van der Waals surface area contributed by atoms with Crippen molar-refractivity contribution in [3.63, 3.8) is 0 Å². The van der Waals surface area contributed by atoms with E-state index >= 15 is 0 Å². The summed E-state index contributed by atoms with van der Waals surface area (Å²) in [6, 6.07) is 9.79. The Bertz CT molecular complexity index is 602. The Balaban J connectivity index is 2.03. The van der Waals surface area contributed by atoms with Gasteiger partial charge in [0.15, 0.2) is 0 Å². The fourth-order valence-corrected chi connectivity index (χ4v) is 3.06. The maximum absolute atomic E-state index is 11.8. The highest BCUT2D eigenvalue weighted by molar-refractivity contribution is 7.10. The Kier molecular flexibility index (Phi) is 5.02. The van der Waals surface area contributed by atoms with Crippen LogP contribution in [0.25, 0.3) is 0 Å². The third-order valence-electron chi connectivity index (χ3n) is 3.14. The number of anilines is 1. The van der Waals surface area contributed by atoms with E-state index in [1.165, 1.54) is 10.4 Å². The van der Waals surface area contributed by atoms with Crippen molar-refractivity contribution in [2.45, 2.75) is 39.8 Å². The van der Waals surface area contributed by atoms with Crippen LogP contribution in [0, 0.1) is 6.92 Å². The lowest BCUT2D eigenvalue weighted by Crippen LogP contribution is -2.11. The number of ether oxygens (including phenoxy) is 1. The van der Waals surface area contributed by atoms with E-state index in [1.807, 2.05) is 26.0 Å². The fourth-order valence-electron chi connectivity index (χ4n) is 2.13. The quantitative estimate of drug-likeness (QED) is 0.807. The molecule has 21 heavy (non-hydrogen) atoms. The number of nitrogens with one attached hydrogen (secondary N) is 1. The van der Waals surface area contributed by atoms with E-state index in [9.17, 15) is 4.79 Å². The molecular weight excluding hydrogens is 282 g/mol. The molecule has 0 aliphatic rings. The van der Waals surface area contributed by atoms with Gasteiger partial charge >= 0.3 is 5.97 Å². The second-order valence-corrected chi connectivity index (χ2v) is 6.31. The van der Waals surface area contributed by atoms with Crippen LogP contribution < -0.4 is 5.32 Å². The van der Waals surface area contributed by atoms with Crippen molar-refractivity contribution in [1.29, 1.82) is 0 Å². The Morgan fingerprint density at radius 3 is 2.33 bits per heavy atom. The van der Waals surface area contributed by atoms with Gasteiger partial charge in [0, 0.05) is 10.6 Å². The lowest BCUT2D eigenvalue weighted by molar-refractivity contribution is 0.0378. The van der Waals surface area contributed by atoms with Crippen LogP contribution in [-0.2, 0) is 4.74 Å². The van der Waals surface area contributed by atoms with Gasteiger partial charge in [-0.15, -0.1) is 11.3 Å². The molecule has 112 valence electrons. The molecular formula is C17H21NO2S. The van der Waals surface area contributed by atoms with Gasteiger partial charge in [-0.05, 0) is 69.0 Å². The van der Waals surface area contributed by atoms with Crippen LogP contribution in [0.1, 0.15) is 47.6 Å².